The highest BCUT2D eigenvalue weighted by Crippen LogP contribution is 2.29. The summed E-state index contributed by atoms with van der Waals surface area (Å²) in [7, 11) is 1.70. The molecule has 2 aromatic rings. The van der Waals surface area contributed by atoms with Crippen molar-refractivity contribution in [2.75, 3.05) is 43.1 Å². The van der Waals surface area contributed by atoms with Gasteiger partial charge >= 0.3 is 0 Å². The van der Waals surface area contributed by atoms with Crippen LogP contribution in [-0.2, 0) is 0 Å². The van der Waals surface area contributed by atoms with Crippen LogP contribution in [0.25, 0.3) is 0 Å². The summed E-state index contributed by atoms with van der Waals surface area (Å²) in [5.41, 5.74) is 1.52. The monoisotopic (exact) mass is 369 g/mol. The minimum Gasteiger partial charge on any atom is -0.495 e. The van der Waals surface area contributed by atoms with Crippen LogP contribution in [0.1, 0.15) is 30.2 Å². The van der Waals surface area contributed by atoms with Crippen LogP contribution < -0.4 is 19.9 Å². The zero-order chi connectivity index (χ0) is 19.4. The molecule has 1 aromatic carbocycles. The lowest BCUT2D eigenvalue weighted by atomic mass is 10.2. The first-order valence-electron chi connectivity index (χ1n) is 9.27. The van der Waals surface area contributed by atoms with Crippen molar-refractivity contribution in [1.29, 1.82) is 0 Å². The summed E-state index contributed by atoms with van der Waals surface area (Å²) in [5.74, 6) is 2.13. The lowest BCUT2D eigenvalue weighted by Crippen LogP contribution is -2.47. The molecule has 1 aliphatic rings. The van der Waals surface area contributed by atoms with E-state index < -0.39 is 0 Å². The second-order valence-electron chi connectivity index (χ2n) is 6.93. The molecule has 0 unspecified atom stereocenters. The van der Waals surface area contributed by atoms with Gasteiger partial charge in [0.1, 0.15) is 23.1 Å². The van der Waals surface area contributed by atoms with Gasteiger partial charge in [-0.05, 0) is 32.9 Å². The number of hydrogen-bond donors (Lipinski definition) is 1. The molecule has 144 valence electrons. The number of amides is 1. The molecule has 1 amide bonds. The summed E-state index contributed by atoms with van der Waals surface area (Å²) in [6.07, 6.45) is 0. The Kier molecular flexibility index (Phi) is 5.78. The van der Waals surface area contributed by atoms with Crippen molar-refractivity contribution in [3.8, 4) is 5.75 Å². The Morgan fingerprint density at radius 1 is 1.11 bits per heavy atom. The number of nitrogens with one attached hydrogen (secondary N) is 1. The smallest absolute Gasteiger partial charge is 0.270 e. The third kappa shape index (κ3) is 4.48. The number of anilines is 2. The number of para-hydroxylation sites is 2. The summed E-state index contributed by atoms with van der Waals surface area (Å²) >= 11 is 0. The van der Waals surface area contributed by atoms with Crippen molar-refractivity contribution in [3.63, 3.8) is 0 Å². The fourth-order valence-electron chi connectivity index (χ4n) is 3.23. The molecule has 1 N–H and O–H groups in total. The lowest BCUT2D eigenvalue weighted by Gasteiger charge is -2.37. The Bertz CT molecular complexity index is 801. The van der Waals surface area contributed by atoms with Crippen molar-refractivity contribution in [1.82, 2.24) is 15.3 Å². The molecule has 1 fully saturated rings. The van der Waals surface area contributed by atoms with Gasteiger partial charge in [-0.3, -0.25) is 4.79 Å². The number of aromatic nitrogens is 2. The SMILES string of the molecule is COc1ccccc1N1CCN(c2cc(C(=O)NC(C)C)nc(C)n2)CC1. The van der Waals surface area contributed by atoms with Gasteiger partial charge in [-0.15, -0.1) is 0 Å². The summed E-state index contributed by atoms with van der Waals surface area (Å²) < 4.78 is 5.48. The molecule has 0 aliphatic carbocycles. The van der Waals surface area contributed by atoms with Crippen LogP contribution in [0.4, 0.5) is 11.5 Å². The quantitative estimate of drug-likeness (QED) is 0.872. The van der Waals surface area contributed by atoms with Crippen LogP contribution >= 0.6 is 0 Å². The highest BCUT2D eigenvalue weighted by Gasteiger charge is 2.22. The molecule has 27 heavy (non-hydrogen) atoms. The van der Waals surface area contributed by atoms with E-state index in [0.717, 1.165) is 43.4 Å². The van der Waals surface area contributed by atoms with Crippen LogP contribution in [0, 0.1) is 6.92 Å². The first-order chi connectivity index (χ1) is 13.0. The third-order valence-electron chi connectivity index (χ3n) is 4.51. The van der Waals surface area contributed by atoms with Gasteiger partial charge in [0.15, 0.2) is 0 Å². The number of ether oxygens (including phenoxy) is 1. The highest BCUT2D eigenvalue weighted by atomic mass is 16.5. The number of carbonyl (C=O) groups excluding carboxylic acids is 1. The molecule has 7 nitrogen and oxygen atoms in total. The zero-order valence-electron chi connectivity index (χ0n) is 16.4. The lowest BCUT2D eigenvalue weighted by molar-refractivity contribution is 0.0937. The summed E-state index contributed by atoms with van der Waals surface area (Å²) in [4.78, 5) is 25.7. The first kappa shape index (κ1) is 18.9. The van der Waals surface area contributed by atoms with E-state index in [-0.39, 0.29) is 11.9 Å². The summed E-state index contributed by atoms with van der Waals surface area (Å²) in [6.45, 7) is 9.04. The van der Waals surface area contributed by atoms with Gasteiger partial charge in [0.2, 0.25) is 0 Å². The predicted octanol–water partition coefficient (Wildman–Crippen LogP) is 2.26. The maximum atomic E-state index is 12.3. The Balaban J connectivity index is 1.72. The maximum Gasteiger partial charge on any atom is 0.270 e. The zero-order valence-corrected chi connectivity index (χ0v) is 16.4. The molecule has 0 atom stereocenters. The number of nitrogens with zero attached hydrogens (tertiary/aromatic N) is 4. The first-order valence-corrected chi connectivity index (χ1v) is 9.27. The van der Waals surface area contributed by atoms with Crippen LogP contribution in [0.2, 0.25) is 0 Å². The minimum absolute atomic E-state index is 0.0700. The van der Waals surface area contributed by atoms with Gasteiger partial charge in [-0.2, -0.15) is 0 Å². The third-order valence-corrected chi connectivity index (χ3v) is 4.51. The fourth-order valence-corrected chi connectivity index (χ4v) is 3.23. The highest BCUT2D eigenvalue weighted by molar-refractivity contribution is 5.93. The van der Waals surface area contributed by atoms with Gasteiger partial charge in [-0.25, -0.2) is 9.97 Å². The molecule has 3 rings (SSSR count). The Morgan fingerprint density at radius 3 is 2.44 bits per heavy atom. The second kappa shape index (κ2) is 8.24. The average molecular weight is 369 g/mol. The van der Waals surface area contributed by atoms with Crippen molar-refractivity contribution in [2.24, 2.45) is 0 Å². The van der Waals surface area contributed by atoms with Crippen LogP contribution in [0.3, 0.4) is 0 Å². The predicted molar refractivity (Wildman–Crippen MR) is 107 cm³/mol. The molecule has 0 spiro atoms. The molecule has 0 bridgehead atoms. The van der Waals surface area contributed by atoms with E-state index in [1.807, 2.05) is 39.0 Å². The Labute approximate surface area is 160 Å². The largest absolute Gasteiger partial charge is 0.495 e. The van der Waals surface area contributed by atoms with E-state index in [4.69, 9.17) is 4.74 Å². The van der Waals surface area contributed by atoms with Gasteiger partial charge in [0.05, 0.1) is 12.8 Å². The van der Waals surface area contributed by atoms with Crippen LogP contribution in [0.5, 0.6) is 5.75 Å². The van der Waals surface area contributed by atoms with Crippen LogP contribution in [-0.4, -0.2) is 55.2 Å². The van der Waals surface area contributed by atoms with E-state index in [1.165, 1.54) is 0 Å². The number of carbonyl (C=O) groups is 1. The number of methoxy groups -OCH3 is 1. The molecule has 1 aromatic heterocycles. The molecule has 7 heteroatoms. The number of benzene rings is 1. The molecular formula is C20H27N5O2. The van der Waals surface area contributed by atoms with Gasteiger partial charge in [0.25, 0.3) is 5.91 Å². The van der Waals surface area contributed by atoms with E-state index in [1.54, 1.807) is 13.2 Å². The number of piperazine rings is 1. The molecule has 2 heterocycles. The van der Waals surface area contributed by atoms with Crippen molar-refractivity contribution in [2.45, 2.75) is 26.8 Å². The summed E-state index contributed by atoms with van der Waals surface area (Å²) in [5, 5.41) is 2.89. The maximum absolute atomic E-state index is 12.3. The molecule has 0 radical (unpaired) electrons. The topological polar surface area (TPSA) is 70.6 Å². The minimum atomic E-state index is -0.163. The normalized spacial score (nSPS) is 14.4. The van der Waals surface area contributed by atoms with Crippen molar-refractivity contribution in [3.05, 3.63) is 41.9 Å². The standard InChI is InChI=1S/C20H27N5O2/c1-14(2)21-20(26)16-13-19(23-15(3)22-16)25-11-9-24(10-12-25)17-7-5-6-8-18(17)27-4/h5-8,13-14H,9-12H2,1-4H3,(H,21,26). The van der Waals surface area contributed by atoms with Gasteiger partial charge in [-0.1, -0.05) is 12.1 Å². The molecule has 1 aliphatic heterocycles. The van der Waals surface area contributed by atoms with Gasteiger partial charge < -0.3 is 19.9 Å². The molecule has 0 saturated carbocycles. The van der Waals surface area contributed by atoms with Crippen molar-refractivity contribution < 1.29 is 9.53 Å². The summed E-state index contributed by atoms with van der Waals surface area (Å²) in [6, 6.07) is 9.92. The average Bonchev–Trinajstić information content (AvgIpc) is 2.67. The van der Waals surface area contributed by atoms with E-state index in [9.17, 15) is 4.79 Å². The second-order valence-corrected chi connectivity index (χ2v) is 6.93. The van der Waals surface area contributed by atoms with Gasteiger partial charge in [0, 0.05) is 38.3 Å². The Morgan fingerprint density at radius 2 is 1.78 bits per heavy atom. The van der Waals surface area contributed by atoms with E-state index >= 15 is 0 Å². The van der Waals surface area contributed by atoms with E-state index in [2.05, 4.69) is 31.2 Å². The molecular weight excluding hydrogens is 342 g/mol. The molecule has 1 saturated heterocycles. The number of hydrogen-bond acceptors (Lipinski definition) is 6. The van der Waals surface area contributed by atoms with E-state index in [0.29, 0.717) is 11.5 Å². The number of aryl methyl sites for hydroxylation is 1. The fraction of sp³-hybridized carbons (Fsp3) is 0.450. The van der Waals surface area contributed by atoms with Crippen LogP contribution in [0.15, 0.2) is 30.3 Å². The van der Waals surface area contributed by atoms with Crippen molar-refractivity contribution >= 4 is 17.4 Å². The Hall–Kier alpha value is -2.83. The number of rotatable bonds is 5.